The molecule has 0 saturated carbocycles. The molecule has 0 aliphatic heterocycles. The Kier molecular flexibility index (Phi) is 14.8. The van der Waals surface area contributed by atoms with Crippen LogP contribution in [0.5, 0.6) is 0 Å². The first-order chi connectivity index (χ1) is 6.58. The maximum Gasteiger partial charge on any atom is 0.0779 e. The molecule has 2 unspecified atom stereocenters. The van der Waals surface area contributed by atoms with E-state index in [0.717, 1.165) is 0 Å². The third-order valence-electron chi connectivity index (χ3n) is 1.20. The summed E-state index contributed by atoms with van der Waals surface area (Å²) in [4.78, 5) is 0. The number of rotatable bonds is 6. The summed E-state index contributed by atoms with van der Waals surface area (Å²) in [5.74, 6) is 0. The van der Waals surface area contributed by atoms with Crippen LogP contribution in [0.1, 0.15) is 20.3 Å². The van der Waals surface area contributed by atoms with Crippen LogP contribution in [-0.2, 0) is 4.74 Å². The summed E-state index contributed by atoms with van der Waals surface area (Å²) in [6, 6.07) is 0. The summed E-state index contributed by atoms with van der Waals surface area (Å²) in [6.07, 6.45) is -0.112. The maximum atomic E-state index is 8.69. The lowest BCUT2D eigenvalue weighted by atomic mass is 10.4. The SMILES string of the molecule is CC(O)COC(C)CO.OCCCO. The van der Waals surface area contributed by atoms with E-state index < -0.39 is 6.10 Å². The Morgan fingerprint density at radius 1 is 1.07 bits per heavy atom. The molecule has 0 aromatic rings. The molecule has 5 nitrogen and oxygen atoms in total. The Hall–Kier alpha value is -0.200. The molecule has 4 N–H and O–H groups in total. The fourth-order valence-corrected chi connectivity index (χ4v) is 0.427. The maximum absolute atomic E-state index is 8.69. The number of aliphatic hydroxyl groups is 4. The average Bonchev–Trinajstić information content (AvgIpc) is 2.16. The topological polar surface area (TPSA) is 90.2 Å². The molecule has 5 heteroatoms. The van der Waals surface area contributed by atoms with E-state index in [1.54, 1.807) is 13.8 Å². The van der Waals surface area contributed by atoms with Gasteiger partial charge in [0.2, 0.25) is 0 Å². The van der Waals surface area contributed by atoms with Crippen molar-refractivity contribution in [1.82, 2.24) is 0 Å². The van der Waals surface area contributed by atoms with Crippen LogP contribution in [0.4, 0.5) is 0 Å². The second-order valence-corrected chi connectivity index (χ2v) is 2.98. The zero-order chi connectivity index (χ0) is 11.4. The number of ether oxygens (including phenoxy) is 1. The quantitative estimate of drug-likeness (QED) is 0.457. The van der Waals surface area contributed by atoms with E-state index >= 15 is 0 Å². The van der Waals surface area contributed by atoms with Crippen LogP contribution in [-0.4, -0.2) is 59.1 Å². The van der Waals surface area contributed by atoms with Gasteiger partial charge in [-0.25, -0.2) is 0 Å². The average molecular weight is 210 g/mol. The molecule has 2 atom stereocenters. The summed E-state index contributed by atoms with van der Waals surface area (Å²) in [7, 11) is 0. The molecule has 0 heterocycles. The Morgan fingerprint density at radius 2 is 1.57 bits per heavy atom. The highest BCUT2D eigenvalue weighted by Crippen LogP contribution is 1.90. The van der Waals surface area contributed by atoms with Gasteiger partial charge in [-0.1, -0.05) is 0 Å². The van der Waals surface area contributed by atoms with E-state index in [-0.39, 0.29) is 25.9 Å². The predicted octanol–water partition coefficient (Wildman–Crippen LogP) is -0.874. The molecule has 0 aromatic heterocycles. The van der Waals surface area contributed by atoms with Gasteiger partial charge in [0, 0.05) is 13.2 Å². The molecule has 0 aliphatic carbocycles. The standard InChI is InChI=1S/C6H14O3.C3H8O2/c1-5(8)4-9-6(2)3-7;4-2-1-3-5/h5-8H,3-4H2,1-2H3;4-5H,1-3H2. The van der Waals surface area contributed by atoms with Crippen LogP contribution in [0.2, 0.25) is 0 Å². The van der Waals surface area contributed by atoms with Crippen LogP contribution in [0.3, 0.4) is 0 Å². The van der Waals surface area contributed by atoms with Crippen molar-refractivity contribution in [2.45, 2.75) is 32.5 Å². The van der Waals surface area contributed by atoms with Gasteiger partial charge in [0.1, 0.15) is 0 Å². The summed E-state index contributed by atoms with van der Waals surface area (Å²) >= 11 is 0. The largest absolute Gasteiger partial charge is 0.396 e. The first-order valence-electron chi connectivity index (χ1n) is 4.70. The molecule has 0 saturated heterocycles. The number of hydrogen-bond donors (Lipinski definition) is 4. The molecular formula is C9H22O5. The lowest BCUT2D eigenvalue weighted by Crippen LogP contribution is -2.19. The molecule has 0 fully saturated rings. The summed E-state index contributed by atoms with van der Waals surface area (Å²) < 4.78 is 4.95. The van der Waals surface area contributed by atoms with Gasteiger partial charge in [-0.05, 0) is 20.3 Å². The molecule has 0 radical (unpaired) electrons. The molecule has 0 amide bonds. The van der Waals surface area contributed by atoms with Gasteiger partial charge in [0.05, 0.1) is 25.4 Å². The second kappa shape index (κ2) is 12.8. The molecule has 0 aromatic carbocycles. The fourth-order valence-electron chi connectivity index (χ4n) is 0.427. The normalized spacial score (nSPS) is 14.1. The summed E-state index contributed by atoms with van der Waals surface area (Å²) in [6.45, 7) is 3.88. The summed E-state index contributed by atoms with van der Waals surface area (Å²) in [5.41, 5.74) is 0. The second-order valence-electron chi connectivity index (χ2n) is 2.98. The van der Waals surface area contributed by atoms with E-state index in [9.17, 15) is 0 Å². The zero-order valence-corrected chi connectivity index (χ0v) is 8.89. The van der Waals surface area contributed by atoms with Crippen molar-refractivity contribution < 1.29 is 25.2 Å². The van der Waals surface area contributed by atoms with E-state index in [4.69, 9.17) is 25.2 Å². The van der Waals surface area contributed by atoms with E-state index in [0.29, 0.717) is 13.0 Å². The van der Waals surface area contributed by atoms with E-state index in [2.05, 4.69) is 0 Å². The van der Waals surface area contributed by atoms with Crippen molar-refractivity contribution in [3.05, 3.63) is 0 Å². The van der Waals surface area contributed by atoms with Gasteiger partial charge in [0.25, 0.3) is 0 Å². The van der Waals surface area contributed by atoms with Crippen molar-refractivity contribution in [3.8, 4) is 0 Å². The van der Waals surface area contributed by atoms with Crippen molar-refractivity contribution in [3.63, 3.8) is 0 Å². The predicted molar refractivity (Wildman–Crippen MR) is 53.0 cm³/mol. The lowest BCUT2D eigenvalue weighted by molar-refractivity contribution is -0.0177. The Labute approximate surface area is 85.0 Å². The first-order valence-corrected chi connectivity index (χ1v) is 4.70. The van der Waals surface area contributed by atoms with E-state index in [1.807, 2.05) is 0 Å². The Balaban J connectivity index is 0. The molecule has 0 aliphatic rings. The van der Waals surface area contributed by atoms with Gasteiger partial charge in [-0.15, -0.1) is 0 Å². The minimum atomic E-state index is -0.445. The van der Waals surface area contributed by atoms with Crippen LogP contribution < -0.4 is 0 Å². The highest BCUT2D eigenvalue weighted by Gasteiger charge is 2.00. The van der Waals surface area contributed by atoms with Crippen molar-refractivity contribution in [2.24, 2.45) is 0 Å². The van der Waals surface area contributed by atoms with Gasteiger partial charge >= 0.3 is 0 Å². The van der Waals surface area contributed by atoms with Gasteiger partial charge in [0.15, 0.2) is 0 Å². The van der Waals surface area contributed by atoms with Crippen molar-refractivity contribution in [1.29, 1.82) is 0 Å². The van der Waals surface area contributed by atoms with Crippen LogP contribution in [0.15, 0.2) is 0 Å². The third-order valence-corrected chi connectivity index (χ3v) is 1.20. The minimum Gasteiger partial charge on any atom is -0.396 e. The number of hydrogen-bond acceptors (Lipinski definition) is 5. The molecule has 0 bridgehead atoms. The highest BCUT2D eigenvalue weighted by atomic mass is 16.5. The molecular weight excluding hydrogens is 188 g/mol. The van der Waals surface area contributed by atoms with Crippen LogP contribution in [0, 0.1) is 0 Å². The van der Waals surface area contributed by atoms with Crippen LogP contribution >= 0.6 is 0 Å². The van der Waals surface area contributed by atoms with Crippen molar-refractivity contribution >= 4 is 0 Å². The van der Waals surface area contributed by atoms with Gasteiger partial charge in [-0.2, -0.15) is 0 Å². The van der Waals surface area contributed by atoms with Crippen LogP contribution in [0.25, 0.3) is 0 Å². The molecule has 0 spiro atoms. The monoisotopic (exact) mass is 210 g/mol. The summed E-state index contributed by atoms with van der Waals surface area (Å²) in [5, 5.41) is 32.9. The highest BCUT2D eigenvalue weighted by molar-refractivity contribution is 4.47. The Bertz CT molecular complexity index is 95.2. The first kappa shape index (κ1) is 16.2. The van der Waals surface area contributed by atoms with Gasteiger partial charge in [-0.3, -0.25) is 0 Å². The van der Waals surface area contributed by atoms with Gasteiger partial charge < -0.3 is 25.2 Å². The fraction of sp³-hybridized carbons (Fsp3) is 1.00. The van der Waals surface area contributed by atoms with Crippen molar-refractivity contribution in [2.75, 3.05) is 26.4 Å². The molecule has 88 valence electrons. The number of aliphatic hydroxyl groups excluding tert-OH is 4. The zero-order valence-electron chi connectivity index (χ0n) is 8.89. The lowest BCUT2D eigenvalue weighted by Gasteiger charge is -2.10. The molecule has 14 heavy (non-hydrogen) atoms. The Morgan fingerprint density at radius 3 is 1.79 bits per heavy atom. The smallest absolute Gasteiger partial charge is 0.0779 e. The third kappa shape index (κ3) is 17.8. The molecule has 0 rings (SSSR count). The van der Waals surface area contributed by atoms with E-state index in [1.165, 1.54) is 0 Å². The minimum absolute atomic E-state index is 0.00667.